The van der Waals surface area contributed by atoms with Crippen molar-refractivity contribution in [3.05, 3.63) is 0 Å². The molecule has 0 rings (SSSR count). The first-order valence-electron chi connectivity index (χ1n) is 0. The van der Waals surface area contributed by atoms with Crippen molar-refractivity contribution in [1.82, 2.24) is 0 Å². The van der Waals surface area contributed by atoms with Crippen molar-refractivity contribution in [2.24, 2.45) is 0 Å². The van der Waals surface area contributed by atoms with Crippen LogP contribution in [0.1, 0.15) is 0 Å². The maximum absolute atomic E-state index is 0. The first-order valence-corrected chi connectivity index (χ1v) is 0. The molecule has 0 N–H and O–H groups in total. The molecule has 0 fully saturated rings. The van der Waals surface area contributed by atoms with Gasteiger partial charge in [-0.05, 0) is 0 Å². The van der Waals surface area contributed by atoms with Gasteiger partial charge in [-0.25, -0.2) is 0 Å². The third kappa shape index (κ3) is 34.1. The third-order valence-electron chi connectivity index (χ3n) is 0. The van der Waals surface area contributed by atoms with E-state index in [4.69, 9.17) is 0 Å². The third-order valence-corrected chi connectivity index (χ3v) is 0. The quantitative estimate of drug-likeness (QED) is 0.234. The van der Waals surface area contributed by atoms with Crippen LogP contribution in [-0.2, 0) is 0 Å². The first-order chi connectivity index (χ1) is 0. The van der Waals surface area contributed by atoms with Crippen LogP contribution in [0.3, 0.4) is 0 Å². The van der Waals surface area contributed by atoms with Gasteiger partial charge in [-0.15, -0.1) is 0 Å². The van der Waals surface area contributed by atoms with E-state index in [-0.39, 0.29) is 167 Å². The molecule has 0 aromatic carbocycles. The van der Waals surface area contributed by atoms with Crippen LogP contribution in [0.5, 0.6) is 0 Å². The fraction of sp³-hybridized carbons (Fsp3) is 0. The topological polar surface area (TPSA) is 0 Å². The Morgan fingerprint density at radius 1 is 0.143 bits per heavy atom. The molecule has 0 aromatic rings. The second-order valence-corrected chi connectivity index (χ2v) is 0. The zero-order chi connectivity index (χ0) is 0. The summed E-state index contributed by atoms with van der Waals surface area (Å²) in [5, 5.41) is 0. The smallest absolute Gasteiger partial charge is 0 e. The molecule has 0 aromatic heterocycles. The maximum atomic E-state index is 0. The van der Waals surface area contributed by atoms with Crippen LogP contribution in [0.4, 0.5) is 0 Å². The van der Waals surface area contributed by atoms with Crippen molar-refractivity contribution in [1.29, 1.82) is 0 Å². The van der Waals surface area contributed by atoms with E-state index in [1.54, 1.807) is 0 Å². The number of hydrogen-bond acceptors (Lipinski definition) is 0. The zero-order valence-electron chi connectivity index (χ0n) is 3.50. The summed E-state index contributed by atoms with van der Waals surface area (Å²) in [5.74, 6) is 0. The molecule has 0 bridgehead atoms. The normalized spacial score (nSPS) is 0. The van der Waals surface area contributed by atoms with Crippen LogP contribution in [0.25, 0.3) is 0 Å². The van der Waals surface area contributed by atoms with E-state index in [0.717, 1.165) is 0 Å². The Morgan fingerprint density at radius 3 is 0.143 bits per heavy atom. The molecule has 0 nitrogen and oxygen atoms in total. The van der Waals surface area contributed by atoms with Gasteiger partial charge in [-0.2, -0.15) is 0 Å². The van der Waals surface area contributed by atoms with Gasteiger partial charge in [0.2, 0.25) is 0 Å². The van der Waals surface area contributed by atoms with Gasteiger partial charge in [-0.1, -0.05) is 0 Å². The van der Waals surface area contributed by atoms with Crippen molar-refractivity contribution in [3.8, 4) is 0 Å². The van der Waals surface area contributed by atoms with Crippen LogP contribution >= 0.6 is 0 Å². The van der Waals surface area contributed by atoms with Crippen LogP contribution in [-0.4, -0.2) is 167 Å². The SMILES string of the molecule is [Sn].[Sn].[Sn].[Sn].[Sn].[Sn].[Sn]. The second-order valence-electron chi connectivity index (χ2n) is 0. The molecule has 0 aliphatic rings. The summed E-state index contributed by atoms with van der Waals surface area (Å²) in [7, 11) is 0. The molecular formula is Sn7. The van der Waals surface area contributed by atoms with Crippen molar-refractivity contribution in [3.63, 3.8) is 0 Å². The van der Waals surface area contributed by atoms with Gasteiger partial charge in [0.25, 0.3) is 0 Å². The summed E-state index contributed by atoms with van der Waals surface area (Å²) in [6.45, 7) is 0. The van der Waals surface area contributed by atoms with Crippen molar-refractivity contribution >= 4 is 167 Å². The Morgan fingerprint density at radius 2 is 0.143 bits per heavy atom. The van der Waals surface area contributed by atoms with E-state index in [1.807, 2.05) is 0 Å². The molecule has 0 unspecified atom stereocenters. The molecule has 7 heteroatoms. The van der Waals surface area contributed by atoms with Gasteiger partial charge in [0.1, 0.15) is 0 Å². The minimum absolute atomic E-state index is 0. The van der Waals surface area contributed by atoms with Gasteiger partial charge in [-0.3, -0.25) is 0 Å². The van der Waals surface area contributed by atoms with E-state index in [1.165, 1.54) is 0 Å². The summed E-state index contributed by atoms with van der Waals surface area (Å²) in [6.07, 6.45) is 0. The Bertz CT molecular complexity index is 0. The van der Waals surface area contributed by atoms with E-state index in [2.05, 4.69) is 0 Å². The van der Waals surface area contributed by atoms with Crippen molar-refractivity contribution < 1.29 is 0 Å². The minimum Gasteiger partial charge on any atom is 0 e. The van der Waals surface area contributed by atoms with Crippen LogP contribution in [0, 0.1) is 0 Å². The van der Waals surface area contributed by atoms with Crippen LogP contribution in [0.2, 0.25) is 0 Å². The van der Waals surface area contributed by atoms with Gasteiger partial charge >= 0.3 is 0 Å². The first kappa shape index (κ1) is 54.1. The maximum Gasteiger partial charge on any atom is 0 e. The fourth-order valence-corrected chi connectivity index (χ4v) is 0. The van der Waals surface area contributed by atoms with Gasteiger partial charge in [0, 0.05) is 167 Å². The molecule has 0 atom stereocenters. The summed E-state index contributed by atoms with van der Waals surface area (Å²) >= 11 is 0. The van der Waals surface area contributed by atoms with Gasteiger partial charge in [0.15, 0.2) is 0 Å². The Labute approximate surface area is 163 Å². The predicted octanol–water partition coefficient (Wildman–Crippen LogP) is -2.67. The van der Waals surface area contributed by atoms with Gasteiger partial charge < -0.3 is 0 Å². The summed E-state index contributed by atoms with van der Waals surface area (Å²) < 4.78 is 0. The molecule has 0 saturated carbocycles. The second kappa shape index (κ2) is 41.6. The average molecular weight is 831 g/mol. The zero-order valence-corrected chi connectivity index (χ0v) is 23.5. The summed E-state index contributed by atoms with van der Waals surface area (Å²) in [4.78, 5) is 0. The molecular weight excluding hydrogens is 831 g/mol. The molecule has 0 amide bonds. The minimum atomic E-state index is 0. The number of rotatable bonds is 0. The molecule has 0 aliphatic carbocycles. The van der Waals surface area contributed by atoms with E-state index in [0.29, 0.717) is 0 Å². The van der Waals surface area contributed by atoms with Crippen LogP contribution in [0.15, 0.2) is 0 Å². The van der Waals surface area contributed by atoms with Crippen molar-refractivity contribution in [2.75, 3.05) is 0 Å². The summed E-state index contributed by atoms with van der Waals surface area (Å²) in [5.41, 5.74) is 0. The fourth-order valence-electron chi connectivity index (χ4n) is 0. The molecule has 0 spiro atoms. The predicted molar refractivity (Wildman–Crippen MR) is 40.3 cm³/mol. The molecule has 0 aliphatic heterocycles. The van der Waals surface area contributed by atoms with Crippen molar-refractivity contribution in [2.45, 2.75) is 0 Å². The standard InChI is InChI=1S/7Sn. The summed E-state index contributed by atoms with van der Waals surface area (Å²) in [6, 6.07) is 0. The molecule has 28 radical (unpaired) electrons. The van der Waals surface area contributed by atoms with E-state index < -0.39 is 0 Å². The van der Waals surface area contributed by atoms with Gasteiger partial charge in [0.05, 0.1) is 0 Å². The van der Waals surface area contributed by atoms with Crippen LogP contribution < -0.4 is 0 Å². The average Bonchev–Trinajstić information content (AvgIpc) is 0. The number of hydrogen-bond donors (Lipinski definition) is 0. The monoisotopic (exact) mass is 839 g/mol. The largest absolute Gasteiger partial charge is 0 e. The molecule has 0 heterocycles. The molecule has 7 heavy (non-hydrogen) atoms. The molecule has 0 saturated heterocycles. The molecule has 28 valence electrons. The Kier molecular flexibility index (Phi) is 322. The van der Waals surface area contributed by atoms with E-state index in [9.17, 15) is 0 Å². The Hall–Kier alpha value is 5.59. The van der Waals surface area contributed by atoms with E-state index >= 15 is 0 Å². The Balaban J connectivity index is 0.